The van der Waals surface area contributed by atoms with E-state index in [1.165, 1.54) is 19.3 Å². The maximum absolute atomic E-state index is 11.8. The van der Waals surface area contributed by atoms with Crippen LogP contribution in [0.1, 0.15) is 52.9 Å². The predicted molar refractivity (Wildman–Crippen MR) is 63.6 cm³/mol. The third kappa shape index (κ3) is 3.52. The number of amides is 1. The topological polar surface area (TPSA) is 52.9 Å². The Morgan fingerprint density at radius 2 is 1.88 bits per heavy atom. The standard InChI is InChI=1S/C13H22N2O/c1-13(2,3)12(16)15-11(9-14)10-7-5-4-6-8-10/h10-11H,4-8H2,1-3H3,(H,15,16). The van der Waals surface area contributed by atoms with Gasteiger partial charge in [0.05, 0.1) is 6.07 Å². The first-order valence-electron chi connectivity index (χ1n) is 6.15. The summed E-state index contributed by atoms with van der Waals surface area (Å²) in [5, 5.41) is 12.0. The van der Waals surface area contributed by atoms with Crippen molar-refractivity contribution in [2.75, 3.05) is 0 Å². The fraction of sp³-hybridized carbons (Fsp3) is 0.846. The van der Waals surface area contributed by atoms with Gasteiger partial charge in [0.15, 0.2) is 0 Å². The summed E-state index contributed by atoms with van der Waals surface area (Å²) in [6.07, 6.45) is 5.79. The molecule has 1 aliphatic rings. The monoisotopic (exact) mass is 222 g/mol. The molecule has 0 aliphatic heterocycles. The van der Waals surface area contributed by atoms with Crippen LogP contribution in [0.5, 0.6) is 0 Å². The van der Waals surface area contributed by atoms with Crippen molar-refractivity contribution in [2.45, 2.75) is 58.9 Å². The zero-order valence-corrected chi connectivity index (χ0v) is 10.5. The first-order chi connectivity index (χ1) is 7.45. The van der Waals surface area contributed by atoms with Crippen LogP contribution >= 0.6 is 0 Å². The van der Waals surface area contributed by atoms with Crippen LogP contribution in [0.15, 0.2) is 0 Å². The van der Waals surface area contributed by atoms with Gasteiger partial charge >= 0.3 is 0 Å². The average molecular weight is 222 g/mol. The highest BCUT2D eigenvalue weighted by Crippen LogP contribution is 2.27. The van der Waals surface area contributed by atoms with Gasteiger partial charge in [-0.05, 0) is 18.8 Å². The van der Waals surface area contributed by atoms with E-state index in [0.717, 1.165) is 12.8 Å². The van der Waals surface area contributed by atoms with Gasteiger partial charge < -0.3 is 5.32 Å². The summed E-state index contributed by atoms with van der Waals surface area (Å²) < 4.78 is 0. The van der Waals surface area contributed by atoms with Gasteiger partial charge in [-0.2, -0.15) is 5.26 Å². The molecule has 1 amide bonds. The second-order valence-corrected chi connectivity index (χ2v) is 5.73. The number of nitrogens with zero attached hydrogens (tertiary/aromatic N) is 1. The second-order valence-electron chi connectivity index (χ2n) is 5.73. The van der Waals surface area contributed by atoms with Gasteiger partial charge in [-0.3, -0.25) is 4.79 Å². The fourth-order valence-corrected chi connectivity index (χ4v) is 2.08. The van der Waals surface area contributed by atoms with Gasteiger partial charge in [0.1, 0.15) is 6.04 Å². The molecule has 1 N–H and O–H groups in total. The van der Waals surface area contributed by atoms with Crippen LogP contribution in [0, 0.1) is 22.7 Å². The highest BCUT2D eigenvalue weighted by molar-refractivity contribution is 5.81. The van der Waals surface area contributed by atoms with E-state index in [1.807, 2.05) is 20.8 Å². The molecule has 3 nitrogen and oxygen atoms in total. The van der Waals surface area contributed by atoms with Crippen molar-refractivity contribution in [1.82, 2.24) is 5.32 Å². The number of hydrogen-bond donors (Lipinski definition) is 1. The van der Waals surface area contributed by atoms with E-state index in [2.05, 4.69) is 11.4 Å². The smallest absolute Gasteiger partial charge is 0.226 e. The van der Waals surface area contributed by atoms with E-state index in [0.29, 0.717) is 5.92 Å². The molecule has 90 valence electrons. The molecule has 0 spiro atoms. The van der Waals surface area contributed by atoms with Gasteiger partial charge in [0, 0.05) is 5.41 Å². The van der Waals surface area contributed by atoms with Crippen molar-refractivity contribution >= 4 is 5.91 Å². The molecule has 1 saturated carbocycles. The van der Waals surface area contributed by atoms with E-state index >= 15 is 0 Å². The normalized spacial score (nSPS) is 19.9. The lowest BCUT2D eigenvalue weighted by Crippen LogP contribution is -2.45. The molecule has 1 atom stereocenters. The van der Waals surface area contributed by atoms with E-state index < -0.39 is 5.41 Å². The molecular formula is C13H22N2O. The molecule has 0 aromatic heterocycles. The van der Waals surface area contributed by atoms with Crippen LogP contribution in [0.25, 0.3) is 0 Å². The maximum atomic E-state index is 11.8. The number of hydrogen-bond acceptors (Lipinski definition) is 2. The molecule has 0 heterocycles. The summed E-state index contributed by atoms with van der Waals surface area (Å²) in [6.45, 7) is 5.62. The van der Waals surface area contributed by atoms with Crippen molar-refractivity contribution in [2.24, 2.45) is 11.3 Å². The Hall–Kier alpha value is -1.04. The quantitative estimate of drug-likeness (QED) is 0.780. The van der Waals surface area contributed by atoms with Crippen molar-refractivity contribution in [3.63, 3.8) is 0 Å². The molecule has 1 rings (SSSR count). The van der Waals surface area contributed by atoms with Gasteiger partial charge in [-0.1, -0.05) is 40.0 Å². The minimum absolute atomic E-state index is 0.0235. The SMILES string of the molecule is CC(C)(C)C(=O)NC(C#N)C1CCCCC1. The lowest BCUT2D eigenvalue weighted by molar-refractivity contribution is -0.129. The summed E-state index contributed by atoms with van der Waals surface area (Å²) in [5.41, 5.74) is -0.413. The first kappa shape index (κ1) is 13.0. The number of carbonyl (C=O) groups is 1. The molecule has 1 aliphatic carbocycles. The van der Waals surface area contributed by atoms with E-state index in [4.69, 9.17) is 5.26 Å². The molecule has 0 saturated heterocycles. The van der Waals surface area contributed by atoms with E-state index in [1.54, 1.807) is 0 Å². The number of carbonyl (C=O) groups excluding carboxylic acids is 1. The van der Waals surface area contributed by atoms with Crippen LogP contribution in [-0.4, -0.2) is 11.9 Å². The molecule has 3 heteroatoms. The molecule has 0 aromatic rings. The van der Waals surface area contributed by atoms with Crippen LogP contribution in [0.2, 0.25) is 0 Å². The Bertz CT molecular complexity index is 279. The zero-order chi connectivity index (χ0) is 12.2. The average Bonchev–Trinajstić information content (AvgIpc) is 2.25. The summed E-state index contributed by atoms with van der Waals surface area (Å²) >= 11 is 0. The van der Waals surface area contributed by atoms with Gasteiger partial charge in [0.2, 0.25) is 5.91 Å². The van der Waals surface area contributed by atoms with Crippen molar-refractivity contribution in [1.29, 1.82) is 5.26 Å². The number of nitriles is 1. The fourth-order valence-electron chi connectivity index (χ4n) is 2.08. The summed E-state index contributed by atoms with van der Waals surface area (Å²) in [6, 6.07) is 1.94. The minimum atomic E-state index is -0.413. The van der Waals surface area contributed by atoms with Crippen LogP contribution in [0.4, 0.5) is 0 Å². The van der Waals surface area contributed by atoms with E-state index in [9.17, 15) is 4.79 Å². The van der Waals surface area contributed by atoms with E-state index in [-0.39, 0.29) is 11.9 Å². The largest absolute Gasteiger partial charge is 0.340 e. The Kier molecular flexibility index (Phi) is 4.35. The highest BCUT2D eigenvalue weighted by Gasteiger charge is 2.29. The summed E-state index contributed by atoms with van der Waals surface area (Å²) in [4.78, 5) is 11.8. The number of nitrogens with one attached hydrogen (secondary N) is 1. The molecule has 0 aromatic carbocycles. The molecular weight excluding hydrogens is 200 g/mol. The van der Waals surface area contributed by atoms with Gasteiger partial charge in [0.25, 0.3) is 0 Å². The van der Waals surface area contributed by atoms with Crippen LogP contribution in [-0.2, 0) is 4.79 Å². The zero-order valence-electron chi connectivity index (χ0n) is 10.5. The van der Waals surface area contributed by atoms with Gasteiger partial charge in [-0.15, -0.1) is 0 Å². The lowest BCUT2D eigenvalue weighted by atomic mass is 9.83. The van der Waals surface area contributed by atoms with Crippen molar-refractivity contribution in [3.05, 3.63) is 0 Å². The van der Waals surface area contributed by atoms with Crippen molar-refractivity contribution in [3.8, 4) is 6.07 Å². The minimum Gasteiger partial charge on any atom is -0.340 e. The molecule has 0 radical (unpaired) electrons. The molecule has 1 fully saturated rings. The lowest BCUT2D eigenvalue weighted by Gasteiger charge is -2.28. The Balaban J connectivity index is 2.55. The second kappa shape index (κ2) is 5.34. The van der Waals surface area contributed by atoms with Crippen LogP contribution in [0.3, 0.4) is 0 Å². The third-order valence-corrected chi connectivity index (χ3v) is 3.23. The molecule has 0 bridgehead atoms. The predicted octanol–water partition coefficient (Wildman–Crippen LogP) is 2.62. The molecule has 16 heavy (non-hydrogen) atoms. The number of rotatable bonds is 2. The Morgan fingerprint density at radius 3 is 2.31 bits per heavy atom. The van der Waals surface area contributed by atoms with Crippen molar-refractivity contribution < 1.29 is 4.79 Å². The summed E-state index contributed by atoms with van der Waals surface area (Å²) in [7, 11) is 0. The van der Waals surface area contributed by atoms with Gasteiger partial charge in [-0.25, -0.2) is 0 Å². The highest BCUT2D eigenvalue weighted by atomic mass is 16.2. The summed E-state index contributed by atoms with van der Waals surface area (Å²) in [5.74, 6) is 0.328. The Morgan fingerprint density at radius 1 is 1.31 bits per heavy atom. The first-order valence-corrected chi connectivity index (χ1v) is 6.15. The Labute approximate surface area is 98.2 Å². The molecule has 1 unspecified atom stereocenters. The van der Waals surface area contributed by atoms with Crippen LogP contribution < -0.4 is 5.32 Å². The maximum Gasteiger partial charge on any atom is 0.226 e. The third-order valence-electron chi connectivity index (χ3n) is 3.23.